The number of halogens is 2. The summed E-state index contributed by atoms with van der Waals surface area (Å²) in [5, 5.41) is 0. The van der Waals surface area contributed by atoms with Crippen LogP contribution in [0.5, 0.6) is 0 Å². The molecule has 2 N–H and O–H groups in total. The van der Waals surface area contributed by atoms with Crippen molar-refractivity contribution < 1.29 is 8.78 Å². The second kappa shape index (κ2) is 9.47. The Bertz CT molecular complexity index is 889. The summed E-state index contributed by atoms with van der Waals surface area (Å²) in [6.07, 6.45) is 2.75. The summed E-state index contributed by atoms with van der Waals surface area (Å²) in [5.41, 5.74) is 11.5. The van der Waals surface area contributed by atoms with Gasteiger partial charge in [0.1, 0.15) is 11.6 Å². The van der Waals surface area contributed by atoms with Gasteiger partial charge < -0.3 is 5.73 Å². The highest BCUT2D eigenvalue weighted by molar-refractivity contribution is 5.48. The molecule has 0 saturated carbocycles. The average Bonchev–Trinajstić information content (AvgIpc) is 2.67. The van der Waals surface area contributed by atoms with E-state index >= 15 is 0 Å². The molecule has 3 aromatic carbocycles. The second-order valence-corrected chi connectivity index (χ2v) is 7.31. The number of nitrogen functional groups attached to an aromatic ring is 1. The molecule has 4 heteroatoms. The number of nitrogens with two attached hydrogens (primary N) is 1. The van der Waals surface area contributed by atoms with Crippen molar-refractivity contribution in [2.45, 2.75) is 32.4 Å². The van der Waals surface area contributed by atoms with E-state index in [1.165, 1.54) is 29.8 Å². The van der Waals surface area contributed by atoms with Crippen molar-refractivity contribution >= 4 is 5.69 Å². The number of benzene rings is 3. The Kier molecular flexibility index (Phi) is 6.77. The maximum absolute atomic E-state index is 13.0. The van der Waals surface area contributed by atoms with E-state index in [9.17, 15) is 8.78 Å². The van der Waals surface area contributed by atoms with E-state index in [-0.39, 0.29) is 11.6 Å². The van der Waals surface area contributed by atoms with Gasteiger partial charge in [0.25, 0.3) is 0 Å². The molecule has 0 radical (unpaired) electrons. The fourth-order valence-electron chi connectivity index (χ4n) is 3.38. The molecule has 3 aromatic rings. The highest BCUT2D eigenvalue weighted by Gasteiger charge is 2.06. The number of anilines is 1. The minimum Gasteiger partial charge on any atom is -0.399 e. The zero-order chi connectivity index (χ0) is 19.9. The molecule has 28 heavy (non-hydrogen) atoms. The van der Waals surface area contributed by atoms with Crippen LogP contribution in [-0.2, 0) is 25.9 Å². The zero-order valence-corrected chi connectivity index (χ0v) is 16.2. The Morgan fingerprint density at radius 1 is 0.714 bits per heavy atom. The normalized spacial score (nSPS) is 11.1. The van der Waals surface area contributed by atoms with Crippen LogP contribution in [0.1, 0.15) is 28.7 Å². The molecular weight excluding hydrogens is 354 g/mol. The van der Waals surface area contributed by atoms with E-state index in [1.807, 2.05) is 37.4 Å². The summed E-state index contributed by atoms with van der Waals surface area (Å²) in [7, 11) is 2.05. The Hall–Kier alpha value is -2.72. The van der Waals surface area contributed by atoms with Gasteiger partial charge in [0.15, 0.2) is 0 Å². The van der Waals surface area contributed by atoms with E-state index in [0.29, 0.717) is 0 Å². The molecule has 0 atom stereocenters. The minimum atomic E-state index is -0.213. The van der Waals surface area contributed by atoms with Crippen molar-refractivity contribution in [3.8, 4) is 0 Å². The van der Waals surface area contributed by atoms with Crippen LogP contribution in [0.2, 0.25) is 0 Å². The van der Waals surface area contributed by atoms with Crippen molar-refractivity contribution in [1.29, 1.82) is 0 Å². The Morgan fingerprint density at radius 3 is 1.89 bits per heavy atom. The third-order valence-corrected chi connectivity index (χ3v) is 4.85. The predicted molar refractivity (Wildman–Crippen MR) is 111 cm³/mol. The summed E-state index contributed by atoms with van der Waals surface area (Å²) < 4.78 is 26.0. The zero-order valence-electron chi connectivity index (χ0n) is 16.2. The molecule has 146 valence electrons. The number of nitrogens with zero attached hydrogens (tertiary/aromatic N) is 1. The first-order valence-electron chi connectivity index (χ1n) is 9.54. The van der Waals surface area contributed by atoms with Gasteiger partial charge in [0.2, 0.25) is 0 Å². The smallest absolute Gasteiger partial charge is 0.123 e. The fraction of sp³-hybridized carbons (Fsp3) is 0.250. The Balaban J connectivity index is 1.55. The molecule has 0 aliphatic carbocycles. The van der Waals surface area contributed by atoms with Crippen LogP contribution in [0.3, 0.4) is 0 Å². The molecular formula is C24H26F2N2. The summed E-state index contributed by atoms with van der Waals surface area (Å²) in [4.78, 5) is 2.20. The average molecular weight is 380 g/mol. The molecule has 0 spiro atoms. The standard InChI is InChI=1S/C24H26F2N2/c1-28(16-19-7-12-23(26)13-8-19)17-20-9-14-24(27)21(15-20)4-2-3-18-5-10-22(25)11-6-18/h5-15H,2-4,16-17,27H2,1H3. The molecule has 0 amide bonds. The lowest BCUT2D eigenvalue weighted by Gasteiger charge is -2.18. The van der Waals surface area contributed by atoms with Gasteiger partial charge in [0.05, 0.1) is 0 Å². The molecule has 0 aliphatic heterocycles. The van der Waals surface area contributed by atoms with E-state index < -0.39 is 0 Å². The largest absolute Gasteiger partial charge is 0.399 e. The van der Waals surface area contributed by atoms with E-state index in [0.717, 1.165) is 54.7 Å². The third-order valence-electron chi connectivity index (χ3n) is 4.85. The molecule has 0 aromatic heterocycles. The molecule has 0 heterocycles. The highest BCUT2D eigenvalue weighted by Crippen LogP contribution is 2.19. The van der Waals surface area contributed by atoms with Crippen molar-refractivity contribution in [2.24, 2.45) is 0 Å². The first kappa shape index (κ1) is 20.0. The SMILES string of the molecule is CN(Cc1ccc(F)cc1)Cc1ccc(N)c(CCCc2ccc(F)cc2)c1. The number of hydrogen-bond acceptors (Lipinski definition) is 2. The van der Waals surface area contributed by atoms with E-state index in [4.69, 9.17) is 5.73 Å². The second-order valence-electron chi connectivity index (χ2n) is 7.31. The Morgan fingerprint density at radius 2 is 1.25 bits per heavy atom. The lowest BCUT2D eigenvalue weighted by molar-refractivity contribution is 0.319. The van der Waals surface area contributed by atoms with Crippen LogP contribution in [-0.4, -0.2) is 11.9 Å². The van der Waals surface area contributed by atoms with Crippen LogP contribution in [0.15, 0.2) is 66.7 Å². The molecule has 0 bridgehead atoms. The van der Waals surface area contributed by atoms with Crippen LogP contribution in [0.25, 0.3) is 0 Å². The molecule has 0 saturated heterocycles. The van der Waals surface area contributed by atoms with Crippen molar-refractivity contribution in [3.05, 3.63) is 101 Å². The maximum atomic E-state index is 13.0. The topological polar surface area (TPSA) is 29.3 Å². The monoisotopic (exact) mass is 380 g/mol. The van der Waals surface area contributed by atoms with Crippen molar-refractivity contribution in [3.63, 3.8) is 0 Å². The maximum Gasteiger partial charge on any atom is 0.123 e. The number of hydrogen-bond donors (Lipinski definition) is 1. The van der Waals surface area contributed by atoms with Crippen LogP contribution >= 0.6 is 0 Å². The number of aryl methyl sites for hydroxylation is 2. The van der Waals surface area contributed by atoms with Gasteiger partial charge in [0, 0.05) is 18.8 Å². The number of rotatable bonds is 8. The summed E-state index contributed by atoms with van der Waals surface area (Å²) in [5.74, 6) is -0.416. The van der Waals surface area contributed by atoms with Gasteiger partial charge in [-0.15, -0.1) is 0 Å². The minimum absolute atomic E-state index is 0.203. The van der Waals surface area contributed by atoms with Gasteiger partial charge in [-0.05, 0) is 78.9 Å². The molecule has 0 unspecified atom stereocenters. The van der Waals surface area contributed by atoms with Crippen LogP contribution < -0.4 is 5.73 Å². The van der Waals surface area contributed by atoms with Crippen LogP contribution in [0.4, 0.5) is 14.5 Å². The summed E-state index contributed by atoms with van der Waals surface area (Å²) >= 11 is 0. The first-order valence-corrected chi connectivity index (χ1v) is 9.54. The van der Waals surface area contributed by atoms with Gasteiger partial charge in [-0.25, -0.2) is 8.78 Å². The van der Waals surface area contributed by atoms with Crippen molar-refractivity contribution in [1.82, 2.24) is 4.90 Å². The first-order chi connectivity index (χ1) is 13.5. The lowest BCUT2D eigenvalue weighted by Crippen LogP contribution is -2.17. The third kappa shape index (κ3) is 5.89. The van der Waals surface area contributed by atoms with Gasteiger partial charge in [-0.3, -0.25) is 4.90 Å². The molecule has 0 fully saturated rings. The summed E-state index contributed by atoms with van der Waals surface area (Å²) in [6, 6.07) is 19.5. The van der Waals surface area contributed by atoms with E-state index in [2.05, 4.69) is 17.0 Å². The fourth-order valence-corrected chi connectivity index (χ4v) is 3.38. The molecule has 0 aliphatic rings. The predicted octanol–water partition coefficient (Wildman–Crippen LogP) is 5.35. The van der Waals surface area contributed by atoms with Crippen LogP contribution in [0, 0.1) is 11.6 Å². The van der Waals surface area contributed by atoms with Gasteiger partial charge in [-0.2, -0.15) is 0 Å². The van der Waals surface area contributed by atoms with Gasteiger partial charge in [-0.1, -0.05) is 36.4 Å². The van der Waals surface area contributed by atoms with Crippen molar-refractivity contribution in [2.75, 3.05) is 12.8 Å². The van der Waals surface area contributed by atoms with E-state index in [1.54, 1.807) is 0 Å². The quantitative estimate of drug-likeness (QED) is 0.534. The molecule has 2 nitrogen and oxygen atoms in total. The lowest BCUT2D eigenvalue weighted by atomic mass is 10.0. The van der Waals surface area contributed by atoms with Gasteiger partial charge >= 0.3 is 0 Å². The highest BCUT2D eigenvalue weighted by atomic mass is 19.1. The summed E-state index contributed by atoms with van der Waals surface area (Å²) in [6.45, 7) is 1.55. The Labute approximate surface area is 165 Å². The molecule has 3 rings (SSSR count).